The SMILES string of the molecule is Cc1cc(CSc2nc(C)nc(C)c2C(=O)O)on1. The first kappa shape index (κ1) is 13.5. The van der Waals surface area contributed by atoms with Crippen LogP contribution >= 0.6 is 11.8 Å². The van der Waals surface area contributed by atoms with E-state index in [0.717, 1.165) is 5.69 Å². The molecule has 6 nitrogen and oxygen atoms in total. The van der Waals surface area contributed by atoms with E-state index in [2.05, 4.69) is 15.1 Å². The predicted octanol–water partition coefficient (Wildman–Crippen LogP) is 2.38. The average molecular weight is 279 g/mol. The zero-order valence-corrected chi connectivity index (χ0v) is 11.6. The average Bonchev–Trinajstić information content (AvgIpc) is 2.71. The van der Waals surface area contributed by atoms with Gasteiger partial charge >= 0.3 is 5.97 Å². The lowest BCUT2D eigenvalue weighted by Crippen LogP contribution is -2.08. The summed E-state index contributed by atoms with van der Waals surface area (Å²) < 4.78 is 5.09. The van der Waals surface area contributed by atoms with Crippen molar-refractivity contribution < 1.29 is 14.4 Å². The van der Waals surface area contributed by atoms with Gasteiger partial charge in [0, 0.05) is 6.07 Å². The molecular formula is C12H13N3O3S. The topological polar surface area (TPSA) is 89.1 Å². The Balaban J connectivity index is 2.26. The third-order valence-electron chi connectivity index (χ3n) is 2.41. The van der Waals surface area contributed by atoms with Crippen LogP contribution in [0.4, 0.5) is 0 Å². The molecule has 0 radical (unpaired) electrons. The highest BCUT2D eigenvalue weighted by Gasteiger charge is 2.18. The molecule has 0 unspecified atom stereocenters. The van der Waals surface area contributed by atoms with Gasteiger partial charge in [-0.3, -0.25) is 0 Å². The second-order valence-corrected chi connectivity index (χ2v) is 5.03. The van der Waals surface area contributed by atoms with E-state index >= 15 is 0 Å². The minimum absolute atomic E-state index is 0.145. The van der Waals surface area contributed by atoms with E-state index in [9.17, 15) is 9.90 Å². The highest BCUT2D eigenvalue weighted by Crippen LogP contribution is 2.26. The Morgan fingerprint density at radius 1 is 1.37 bits per heavy atom. The molecule has 0 saturated heterocycles. The summed E-state index contributed by atoms with van der Waals surface area (Å²) in [5.41, 5.74) is 1.41. The standard InChI is InChI=1S/C12H13N3O3S/c1-6-4-9(18-15-6)5-19-11-10(12(16)17)7(2)13-8(3)14-11/h4H,5H2,1-3H3,(H,16,17). The maximum Gasteiger partial charge on any atom is 0.340 e. The molecule has 0 fully saturated rings. The van der Waals surface area contributed by atoms with Crippen LogP contribution in [0, 0.1) is 20.8 Å². The Hall–Kier alpha value is -1.89. The monoisotopic (exact) mass is 279 g/mol. The van der Waals surface area contributed by atoms with Crippen molar-refractivity contribution in [2.45, 2.75) is 31.6 Å². The molecule has 100 valence electrons. The van der Waals surface area contributed by atoms with Crippen LogP contribution in [0.5, 0.6) is 0 Å². The Morgan fingerprint density at radius 3 is 2.68 bits per heavy atom. The molecule has 0 bridgehead atoms. The minimum Gasteiger partial charge on any atom is -0.478 e. The van der Waals surface area contributed by atoms with Gasteiger partial charge in [0.05, 0.1) is 17.1 Å². The molecule has 0 amide bonds. The van der Waals surface area contributed by atoms with Gasteiger partial charge in [0.2, 0.25) is 0 Å². The first-order valence-electron chi connectivity index (χ1n) is 5.61. The third-order valence-corrected chi connectivity index (χ3v) is 3.41. The number of nitrogens with zero attached hydrogens (tertiary/aromatic N) is 3. The maximum absolute atomic E-state index is 11.2. The van der Waals surface area contributed by atoms with Crippen LogP contribution in [0.25, 0.3) is 0 Å². The van der Waals surface area contributed by atoms with E-state index in [-0.39, 0.29) is 5.56 Å². The molecule has 19 heavy (non-hydrogen) atoms. The third kappa shape index (κ3) is 3.11. The van der Waals surface area contributed by atoms with E-state index in [1.165, 1.54) is 11.8 Å². The summed E-state index contributed by atoms with van der Waals surface area (Å²) in [4.78, 5) is 19.5. The van der Waals surface area contributed by atoms with Gasteiger partial charge in [-0.1, -0.05) is 16.9 Å². The van der Waals surface area contributed by atoms with Crippen LogP contribution in [0.2, 0.25) is 0 Å². The Labute approximate surface area is 114 Å². The van der Waals surface area contributed by atoms with E-state index in [1.54, 1.807) is 13.8 Å². The molecule has 0 atom stereocenters. The highest BCUT2D eigenvalue weighted by molar-refractivity contribution is 7.98. The summed E-state index contributed by atoms with van der Waals surface area (Å²) in [7, 11) is 0. The predicted molar refractivity (Wildman–Crippen MR) is 69.3 cm³/mol. The second-order valence-electron chi connectivity index (χ2n) is 4.06. The number of aryl methyl sites for hydroxylation is 3. The van der Waals surface area contributed by atoms with Gasteiger partial charge in [-0.15, -0.1) is 0 Å². The van der Waals surface area contributed by atoms with Gasteiger partial charge in [0.15, 0.2) is 0 Å². The lowest BCUT2D eigenvalue weighted by molar-refractivity contribution is 0.0690. The largest absolute Gasteiger partial charge is 0.478 e. The fourth-order valence-electron chi connectivity index (χ4n) is 1.66. The van der Waals surface area contributed by atoms with E-state index in [4.69, 9.17) is 4.52 Å². The van der Waals surface area contributed by atoms with Crippen LogP contribution in [0.15, 0.2) is 15.6 Å². The Bertz CT molecular complexity index is 625. The van der Waals surface area contributed by atoms with E-state index < -0.39 is 5.97 Å². The van der Waals surface area contributed by atoms with Gasteiger partial charge in [-0.2, -0.15) is 0 Å². The maximum atomic E-state index is 11.2. The number of rotatable bonds is 4. The zero-order chi connectivity index (χ0) is 14.0. The van der Waals surface area contributed by atoms with Gasteiger partial charge in [-0.25, -0.2) is 14.8 Å². The van der Waals surface area contributed by atoms with Gasteiger partial charge in [0.1, 0.15) is 22.2 Å². The van der Waals surface area contributed by atoms with E-state index in [0.29, 0.717) is 28.1 Å². The first-order chi connectivity index (χ1) is 8.97. The number of carboxylic acids is 1. The van der Waals surface area contributed by atoms with Crippen molar-refractivity contribution in [3.63, 3.8) is 0 Å². The van der Waals surface area contributed by atoms with Crippen LogP contribution in [-0.2, 0) is 5.75 Å². The Kier molecular flexibility index (Phi) is 3.84. The first-order valence-corrected chi connectivity index (χ1v) is 6.59. The molecule has 2 heterocycles. The van der Waals surface area contributed by atoms with Crippen molar-refractivity contribution in [2.75, 3.05) is 0 Å². The molecule has 7 heteroatoms. The van der Waals surface area contributed by atoms with Crippen LogP contribution in [0.3, 0.4) is 0 Å². The quantitative estimate of drug-likeness (QED) is 0.678. The van der Waals surface area contributed by atoms with Crippen LogP contribution in [-0.4, -0.2) is 26.2 Å². The number of hydrogen-bond acceptors (Lipinski definition) is 6. The lowest BCUT2D eigenvalue weighted by Gasteiger charge is -2.07. The lowest BCUT2D eigenvalue weighted by atomic mass is 10.2. The van der Waals surface area contributed by atoms with Crippen molar-refractivity contribution in [3.05, 3.63) is 34.6 Å². The molecular weight excluding hydrogens is 266 g/mol. The van der Waals surface area contributed by atoms with Crippen molar-refractivity contribution >= 4 is 17.7 Å². The Morgan fingerprint density at radius 2 is 2.11 bits per heavy atom. The summed E-state index contributed by atoms with van der Waals surface area (Å²) in [5, 5.41) is 13.4. The molecule has 0 aliphatic heterocycles. The number of hydrogen-bond donors (Lipinski definition) is 1. The number of aromatic carboxylic acids is 1. The van der Waals surface area contributed by atoms with Gasteiger partial charge in [0.25, 0.3) is 0 Å². The molecule has 1 N–H and O–H groups in total. The van der Waals surface area contributed by atoms with Crippen molar-refractivity contribution in [1.82, 2.24) is 15.1 Å². The minimum atomic E-state index is -1.02. The molecule has 2 rings (SSSR count). The van der Waals surface area contributed by atoms with Crippen LogP contribution < -0.4 is 0 Å². The summed E-state index contributed by atoms with van der Waals surface area (Å²) >= 11 is 1.30. The number of carbonyl (C=O) groups is 1. The molecule has 0 aromatic carbocycles. The molecule has 0 saturated carbocycles. The summed E-state index contributed by atoms with van der Waals surface area (Å²) in [6.07, 6.45) is 0. The zero-order valence-electron chi connectivity index (χ0n) is 10.8. The van der Waals surface area contributed by atoms with Gasteiger partial charge in [-0.05, 0) is 20.8 Å². The second kappa shape index (κ2) is 5.40. The summed E-state index contributed by atoms with van der Waals surface area (Å²) in [6, 6.07) is 1.81. The fraction of sp³-hybridized carbons (Fsp3) is 0.333. The van der Waals surface area contributed by atoms with Gasteiger partial charge < -0.3 is 9.63 Å². The number of aromatic nitrogens is 3. The highest BCUT2D eigenvalue weighted by atomic mass is 32.2. The normalized spacial score (nSPS) is 10.7. The molecule has 0 aliphatic rings. The molecule has 0 spiro atoms. The van der Waals surface area contributed by atoms with Crippen molar-refractivity contribution in [3.8, 4) is 0 Å². The molecule has 2 aromatic rings. The van der Waals surface area contributed by atoms with Crippen molar-refractivity contribution in [1.29, 1.82) is 0 Å². The summed E-state index contributed by atoms with van der Waals surface area (Å²) in [5.74, 6) is 0.706. The molecule has 2 aromatic heterocycles. The number of thioether (sulfide) groups is 1. The molecule has 0 aliphatic carbocycles. The van der Waals surface area contributed by atoms with E-state index in [1.807, 2.05) is 13.0 Å². The fourth-order valence-corrected chi connectivity index (χ4v) is 2.65. The van der Waals surface area contributed by atoms with Crippen molar-refractivity contribution in [2.24, 2.45) is 0 Å². The smallest absolute Gasteiger partial charge is 0.340 e. The number of carboxylic acid groups (broad SMARTS) is 1. The summed E-state index contributed by atoms with van der Waals surface area (Å²) in [6.45, 7) is 5.24. The van der Waals surface area contributed by atoms with Crippen LogP contribution in [0.1, 0.15) is 33.3 Å².